The van der Waals surface area contributed by atoms with Gasteiger partial charge in [-0.25, -0.2) is 0 Å². The Bertz CT molecular complexity index is 420. The van der Waals surface area contributed by atoms with E-state index >= 15 is 0 Å². The number of rotatable bonds is 8. The largest absolute Gasteiger partial charge is 0.494 e. The molecule has 4 nitrogen and oxygen atoms in total. The van der Waals surface area contributed by atoms with Gasteiger partial charge in [0.05, 0.1) is 26.2 Å². The van der Waals surface area contributed by atoms with Crippen molar-refractivity contribution in [3.8, 4) is 11.8 Å². The zero-order chi connectivity index (χ0) is 13.9. The standard InChI is InChI=1S/C15H19NO3/c1-18-15(17)5-3-2-4-12-19-14-8-6-13(7-9-14)10-11-16/h6-9H,2-5,10,12H2,1H3. The van der Waals surface area contributed by atoms with Gasteiger partial charge in [0.25, 0.3) is 0 Å². The topological polar surface area (TPSA) is 59.3 Å². The van der Waals surface area contributed by atoms with Gasteiger partial charge in [-0.2, -0.15) is 5.26 Å². The first-order valence-electron chi connectivity index (χ1n) is 6.41. The van der Waals surface area contributed by atoms with E-state index in [1.807, 2.05) is 24.3 Å². The molecule has 0 aliphatic rings. The highest BCUT2D eigenvalue weighted by molar-refractivity contribution is 5.68. The third-order valence-corrected chi connectivity index (χ3v) is 2.73. The van der Waals surface area contributed by atoms with Crippen LogP contribution in [0.1, 0.15) is 31.2 Å². The van der Waals surface area contributed by atoms with Gasteiger partial charge in [0.1, 0.15) is 5.75 Å². The Hall–Kier alpha value is -2.02. The van der Waals surface area contributed by atoms with Gasteiger partial charge in [-0.3, -0.25) is 4.79 Å². The Morgan fingerprint density at radius 3 is 2.58 bits per heavy atom. The molecular weight excluding hydrogens is 242 g/mol. The molecule has 0 amide bonds. The fraction of sp³-hybridized carbons (Fsp3) is 0.467. The van der Waals surface area contributed by atoms with Crippen LogP contribution < -0.4 is 4.74 Å². The summed E-state index contributed by atoms with van der Waals surface area (Å²) in [5.41, 5.74) is 0.993. The maximum absolute atomic E-state index is 10.9. The first kappa shape index (κ1) is 15.0. The monoisotopic (exact) mass is 261 g/mol. The number of ether oxygens (including phenoxy) is 2. The highest BCUT2D eigenvalue weighted by atomic mass is 16.5. The molecule has 0 saturated carbocycles. The number of nitriles is 1. The summed E-state index contributed by atoms with van der Waals surface area (Å²) in [5, 5.41) is 8.56. The molecular formula is C15H19NO3. The summed E-state index contributed by atoms with van der Waals surface area (Å²) in [6.07, 6.45) is 3.59. The summed E-state index contributed by atoms with van der Waals surface area (Å²) in [6.45, 7) is 0.638. The molecule has 0 unspecified atom stereocenters. The highest BCUT2D eigenvalue weighted by Gasteiger charge is 1.99. The molecule has 0 aliphatic carbocycles. The Kier molecular flexibility index (Phi) is 7.11. The van der Waals surface area contributed by atoms with Crippen LogP contribution in [0.4, 0.5) is 0 Å². The van der Waals surface area contributed by atoms with Crippen molar-refractivity contribution < 1.29 is 14.3 Å². The summed E-state index contributed by atoms with van der Waals surface area (Å²) >= 11 is 0. The molecule has 19 heavy (non-hydrogen) atoms. The molecule has 0 radical (unpaired) electrons. The molecule has 0 aromatic heterocycles. The van der Waals surface area contributed by atoms with Crippen molar-refractivity contribution >= 4 is 5.97 Å². The molecule has 0 fully saturated rings. The molecule has 0 bridgehead atoms. The minimum atomic E-state index is -0.158. The van der Waals surface area contributed by atoms with E-state index < -0.39 is 0 Å². The van der Waals surface area contributed by atoms with Crippen LogP contribution in [0.3, 0.4) is 0 Å². The first-order valence-corrected chi connectivity index (χ1v) is 6.41. The maximum Gasteiger partial charge on any atom is 0.305 e. The number of methoxy groups -OCH3 is 1. The predicted octanol–water partition coefficient (Wildman–Crippen LogP) is 2.86. The average molecular weight is 261 g/mol. The minimum absolute atomic E-state index is 0.158. The van der Waals surface area contributed by atoms with Crippen LogP contribution in [0.15, 0.2) is 24.3 Å². The van der Waals surface area contributed by atoms with Gasteiger partial charge >= 0.3 is 5.97 Å². The van der Waals surface area contributed by atoms with E-state index in [2.05, 4.69) is 10.8 Å². The maximum atomic E-state index is 10.9. The third-order valence-electron chi connectivity index (χ3n) is 2.73. The molecule has 4 heteroatoms. The summed E-state index contributed by atoms with van der Waals surface area (Å²) in [7, 11) is 1.40. The van der Waals surface area contributed by atoms with Crippen LogP contribution in [-0.2, 0) is 16.0 Å². The lowest BCUT2D eigenvalue weighted by molar-refractivity contribution is -0.140. The van der Waals surface area contributed by atoms with Gasteiger partial charge < -0.3 is 9.47 Å². The van der Waals surface area contributed by atoms with Gasteiger partial charge in [-0.15, -0.1) is 0 Å². The van der Waals surface area contributed by atoms with E-state index in [-0.39, 0.29) is 5.97 Å². The smallest absolute Gasteiger partial charge is 0.305 e. The fourth-order valence-electron chi connectivity index (χ4n) is 1.64. The number of unbranched alkanes of at least 4 members (excludes halogenated alkanes) is 2. The Morgan fingerprint density at radius 1 is 1.21 bits per heavy atom. The number of hydrogen-bond donors (Lipinski definition) is 0. The average Bonchev–Trinajstić information content (AvgIpc) is 2.44. The summed E-state index contributed by atoms with van der Waals surface area (Å²) in [6, 6.07) is 9.65. The Balaban J connectivity index is 2.12. The van der Waals surface area contributed by atoms with Crippen molar-refractivity contribution in [2.45, 2.75) is 32.1 Å². The van der Waals surface area contributed by atoms with Gasteiger partial charge in [-0.1, -0.05) is 12.1 Å². The second-order valence-electron chi connectivity index (χ2n) is 4.21. The van der Waals surface area contributed by atoms with Crippen LogP contribution >= 0.6 is 0 Å². The Morgan fingerprint density at radius 2 is 1.95 bits per heavy atom. The van der Waals surface area contributed by atoms with Crippen molar-refractivity contribution in [1.82, 2.24) is 0 Å². The molecule has 1 rings (SSSR count). The highest BCUT2D eigenvalue weighted by Crippen LogP contribution is 2.13. The summed E-state index contributed by atoms with van der Waals surface area (Å²) < 4.78 is 10.1. The zero-order valence-corrected chi connectivity index (χ0v) is 11.2. The molecule has 1 aromatic rings. The van der Waals surface area contributed by atoms with Crippen molar-refractivity contribution in [1.29, 1.82) is 5.26 Å². The molecule has 0 saturated heterocycles. The molecule has 102 valence electrons. The van der Waals surface area contributed by atoms with Crippen LogP contribution in [0.25, 0.3) is 0 Å². The number of benzene rings is 1. The van der Waals surface area contributed by atoms with E-state index in [4.69, 9.17) is 10.00 Å². The van der Waals surface area contributed by atoms with Crippen molar-refractivity contribution in [3.05, 3.63) is 29.8 Å². The normalized spacial score (nSPS) is 9.68. The van der Waals surface area contributed by atoms with Crippen molar-refractivity contribution in [2.24, 2.45) is 0 Å². The lowest BCUT2D eigenvalue weighted by Gasteiger charge is -2.06. The molecule has 0 spiro atoms. The van der Waals surface area contributed by atoms with Crippen LogP contribution in [0.5, 0.6) is 5.75 Å². The lowest BCUT2D eigenvalue weighted by atomic mass is 10.1. The van der Waals surface area contributed by atoms with E-state index in [1.165, 1.54) is 7.11 Å². The van der Waals surface area contributed by atoms with Crippen LogP contribution in [0, 0.1) is 11.3 Å². The van der Waals surface area contributed by atoms with Crippen molar-refractivity contribution in [3.63, 3.8) is 0 Å². The van der Waals surface area contributed by atoms with E-state index in [9.17, 15) is 4.79 Å². The fourth-order valence-corrected chi connectivity index (χ4v) is 1.64. The molecule has 0 N–H and O–H groups in total. The van der Waals surface area contributed by atoms with Crippen molar-refractivity contribution in [2.75, 3.05) is 13.7 Å². The number of nitrogens with zero attached hydrogens (tertiary/aromatic N) is 1. The van der Waals surface area contributed by atoms with Gasteiger partial charge in [-0.05, 0) is 37.0 Å². The molecule has 0 heterocycles. The van der Waals surface area contributed by atoms with E-state index in [1.54, 1.807) is 0 Å². The predicted molar refractivity (Wildman–Crippen MR) is 71.7 cm³/mol. The Labute approximate surface area is 113 Å². The molecule has 0 aliphatic heterocycles. The summed E-state index contributed by atoms with van der Waals surface area (Å²) in [4.78, 5) is 10.9. The second kappa shape index (κ2) is 8.98. The van der Waals surface area contributed by atoms with Gasteiger partial charge in [0, 0.05) is 6.42 Å². The molecule has 1 aromatic carbocycles. The number of esters is 1. The molecule has 0 atom stereocenters. The quantitative estimate of drug-likeness (QED) is 0.533. The van der Waals surface area contributed by atoms with E-state index in [0.717, 1.165) is 30.6 Å². The van der Waals surface area contributed by atoms with Gasteiger partial charge in [0.15, 0.2) is 0 Å². The number of carbonyl (C=O) groups excluding carboxylic acids is 1. The van der Waals surface area contributed by atoms with Gasteiger partial charge in [0.2, 0.25) is 0 Å². The van der Waals surface area contributed by atoms with Crippen LogP contribution in [0.2, 0.25) is 0 Å². The zero-order valence-electron chi connectivity index (χ0n) is 11.2. The minimum Gasteiger partial charge on any atom is -0.494 e. The number of hydrogen-bond acceptors (Lipinski definition) is 4. The third kappa shape index (κ3) is 6.46. The second-order valence-corrected chi connectivity index (χ2v) is 4.21. The van der Waals surface area contributed by atoms with Crippen LogP contribution in [-0.4, -0.2) is 19.7 Å². The first-order chi connectivity index (χ1) is 9.26. The van der Waals surface area contributed by atoms with E-state index in [0.29, 0.717) is 19.4 Å². The number of carbonyl (C=O) groups is 1. The SMILES string of the molecule is COC(=O)CCCCCOc1ccc(CC#N)cc1. The summed E-state index contributed by atoms with van der Waals surface area (Å²) in [5.74, 6) is 0.656. The lowest BCUT2D eigenvalue weighted by Crippen LogP contribution is -2.01.